The van der Waals surface area contributed by atoms with Gasteiger partial charge in [-0.25, -0.2) is 4.98 Å². The van der Waals surface area contributed by atoms with Gasteiger partial charge in [0.15, 0.2) is 0 Å². The summed E-state index contributed by atoms with van der Waals surface area (Å²) in [6.07, 6.45) is 9.45. The normalized spacial score (nSPS) is 18.4. The molecule has 2 heterocycles. The van der Waals surface area contributed by atoms with E-state index >= 15 is 0 Å². The molecule has 1 aliphatic carbocycles. The van der Waals surface area contributed by atoms with Crippen LogP contribution >= 0.6 is 0 Å². The zero-order valence-electron chi connectivity index (χ0n) is 15.4. The molecule has 0 atom stereocenters. The van der Waals surface area contributed by atoms with Crippen LogP contribution in [-0.4, -0.2) is 42.1 Å². The summed E-state index contributed by atoms with van der Waals surface area (Å²) in [5.41, 5.74) is 0.975. The molecule has 1 saturated carbocycles. The Morgan fingerprint density at radius 3 is 2.64 bits per heavy atom. The number of hydrogen-bond acceptors (Lipinski definition) is 5. The van der Waals surface area contributed by atoms with E-state index in [1.54, 1.807) is 0 Å². The lowest BCUT2D eigenvalue weighted by molar-refractivity contribution is -0.121. The number of rotatable bonds is 7. The molecular weight excluding hydrogens is 314 g/mol. The van der Waals surface area contributed by atoms with Crippen LogP contribution in [0.1, 0.15) is 57.1 Å². The largest absolute Gasteiger partial charge is 0.356 e. The molecule has 1 aromatic heterocycles. The van der Waals surface area contributed by atoms with Crippen molar-refractivity contribution >= 4 is 17.7 Å². The van der Waals surface area contributed by atoms with Gasteiger partial charge in [0, 0.05) is 44.4 Å². The van der Waals surface area contributed by atoms with Crippen molar-refractivity contribution in [2.24, 2.45) is 5.92 Å². The minimum absolute atomic E-state index is 0.174. The summed E-state index contributed by atoms with van der Waals surface area (Å²) in [6.45, 7) is 5.42. The standard InChI is InChI=1S/C19H31N5O/c1-15-13-17(24-11-5-2-6-12-24)23-19(22-15)21-10-9-20-18(25)14-16-7-3-4-8-16/h13,16H,2-12,14H2,1H3,(H,20,25)(H,21,22,23). The minimum atomic E-state index is 0.174. The number of piperidine rings is 1. The lowest BCUT2D eigenvalue weighted by Gasteiger charge is -2.28. The Balaban J connectivity index is 1.42. The van der Waals surface area contributed by atoms with Crippen LogP contribution in [0.4, 0.5) is 11.8 Å². The minimum Gasteiger partial charge on any atom is -0.356 e. The highest BCUT2D eigenvalue weighted by atomic mass is 16.1. The molecule has 25 heavy (non-hydrogen) atoms. The fraction of sp³-hybridized carbons (Fsp3) is 0.737. The first-order valence-electron chi connectivity index (χ1n) is 9.82. The second kappa shape index (κ2) is 9.02. The first-order valence-corrected chi connectivity index (χ1v) is 9.82. The van der Waals surface area contributed by atoms with E-state index < -0.39 is 0 Å². The van der Waals surface area contributed by atoms with Crippen LogP contribution in [0.25, 0.3) is 0 Å². The Morgan fingerprint density at radius 1 is 1.12 bits per heavy atom. The zero-order chi connectivity index (χ0) is 17.5. The van der Waals surface area contributed by atoms with Crippen LogP contribution < -0.4 is 15.5 Å². The van der Waals surface area contributed by atoms with Crippen LogP contribution in [0.3, 0.4) is 0 Å². The number of hydrogen-bond donors (Lipinski definition) is 2. The van der Waals surface area contributed by atoms with Crippen molar-refractivity contribution in [1.29, 1.82) is 0 Å². The number of carbonyl (C=O) groups is 1. The third-order valence-electron chi connectivity index (χ3n) is 5.20. The summed E-state index contributed by atoms with van der Waals surface area (Å²) in [5.74, 6) is 2.44. The third-order valence-corrected chi connectivity index (χ3v) is 5.20. The molecule has 2 aliphatic rings. The summed E-state index contributed by atoms with van der Waals surface area (Å²) in [7, 11) is 0. The van der Waals surface area contributed by atoms with Gasteiger partial charge in [-0.1, -0.05) is 12.8 Å². The van der Waals surface area contributed by atoms with Gasteiger partial charge in [0.1, 0.15) is 5.82 Å². The third kappa shape index (κ3) is 5.58. The maximum absolute atomic E-state index is 11.9. The maximum atomic E-state index is 11.9. The Morgan fingerprint density at radius 2 is 1.88 bits per heavy atom. The van der Waals surface area contributed by atoms with E-state index in [0.29, 0.717) is 31.4 Å². The molecular formula is C19H31N5O. The molecule has 1 amide bonds. The summed E-state index contributed by atoms with van der Waals surface area (Å²) in [4.78, 5) is 23.4. The van der Waals surface area contributed by atoms with Crippen LogP contribution in [0, 0.1) is 12.8 Å². The van der Waals surface area contributed by atoms with E-state index in [4.69, 9.17) is 0 Å². The van der Waals surface area contributed by atoms with Gasteiger partial charge < -0.3 is 15.5 Å². The van der Waals surface area contributed by atoms with Gasteiger partial charge in [0.05, 0.1) is 0 Å². The van der Waals surface area contributed by atoms with E-state index in [9.17, 15) is 4.79 Å². The summed E-state index contributed by atoms with van der Waals surface area (Å²) in [5, 5.41) is 6.26. The molecule has 1 saturated heterocycles. The van der Waals surface area contributed by atoms with Crippen LogP contribution in [0.2, 0.25) is 0 Å². The van der Waals surface area contributed by atoms with Gasteiger partial charge in [-0.3, -0.25) is 4.79 Å². The molecule has 6 nitrogen and oxygen atoms in total. The van der Waals surface area contributed by atoms with Crippen molar-refractivity contribution in [3.8, 4) is 0 Å². The van der Waals surface area contributed by atoms with Gasteiger partial charge in [-0.2, -0.15) is 4.98 Å². The Hall–Kier alpha value is -1.85. The number of nitrogens with one attached hydrogen (secondary N) is 2. The van der Waals surface area contributed by atoms with Crippen molar-refractivity contribution in [1.82, 2.24) is 15.3 Å². The Kier molecular flexibility index (Phi) is 6.48. The smallest absolute Gasteiger partial charge is 0.224 e. The van der Waals surface area contributed by atoms with Gasteiger partial charge >= 0.3 is 0 Å². The second-order valence-corrected chi connectivity index (χ2v) is 7.37. The molecule has 1 aromatic rings. The summed E-state index contributed by atoms with van der Waals surface area (Å²) >= 11 is 0. The van der Waals surface area contributed by atoms with E-state index in [2.05, 4.69) is 31.6 Å². The first-order chi connectivity index (χ1) is 12.2. The number of carbonyl (C=O) groups excluding carboxylic acids is 1. The van der Waals surface area contributed by atoms with Crippen molar-refractivity contribution in [2.75, 3.05) is 36.4 Å². The second-order valence-electron chi connectivity index (χ2n) is 7.37. The highest BCUT2D eigenvalue weighted by Crippen LogP contribution is 2.27. The molecule has 0 aromatic carbocycles. The molecule has 2 fully saturated rings. The van der Waals surface area contributed by atoms with Gasteiger partial charge in [0.2, 0.25) is 11.9 Å². The molecule has 0 spiro atoms. The average Bonchev–Trinajstić information content (AvgIpc) is 3.12. The first kappa shape index (κ1) is 18.0. The Labute approximate surface area is 150 Å². The summed E-state index contributed by atoms with van der Waals surface area (Å²) in [6, 6.07) is 2.06. The molecule has 3 rings (SSSR count). The van der Waals surface area contributed by atoms with Crippen LogP contribution in [-0.2, 0) is 4.79 Å². The van der Waals surface area contributed by atoms with Crippen molar-refractivity contribution < 1.29 is 4.79 Å². The molecule has 0 bridgehead atoms. The lowest BCUT2D eigenvalue weighted by Crippen LogP contribution is -2.31. The molecule has 6 heteroatoms. The van der Waals surface area contributed by atoms with E-state index in [1.807, 2.05) is 6.92 Å². The Bertz CT molecular complexity index is 565. The molecule has 1 aliphatic heterocycles. The fourth-order valence-electron chi connectivity index (χ4n) is 3.84. The topological polar surface area (TPSA) is 70.2 Å². The highest BCUT2D eigenvalue weighted by Gasteiger charge is 2.18. The van der Waals surface area contributed by atoms with Gasteiger partial charge in [-0.15, -0.1) is 0 Å². The molecule has 138 valence electrons. The summed E-state index contributed by atoms with van der Waals surface area (Å²) < 4.78 is 0. The predicted molar refractivity (Wildman–Crippen MR) is 101 cm³/mol. The van der Waals surface area contributed by atoms with E-state index in [0.717, 1.165) is 24.6 Å². The van der Waals surface area contributed by atoms with Crippen molar-refractivity contribution in [3.63, 3.8) is 0 Å². The van der Waals surface area contributed by atoms with Crippen molar-refractivity contribution in [3.05, 3.63) is 11.8 Å². The monoisotopic (exact) mass is 345 g/mol. The quantitative estimate of drug-likeness (QED) is 0.744. The molecule has 2 N–H and O–H groups in total. The van der Waals surface area contributed by atoms with Gasteiger partial charge in [0.25, 0.3) is 0 Å². The number of aryl methyl sites for hydroxylation is 1. The van der Waals surface area contributed by atoms with E-state index in [-0.39, 0.29) is 5.91 Å². The highest BCUT2D eigenvalue weighted by molar-refractivity contribution is 5.76. The van der Waals surface area contributed by atoms with Crippen LogP contribution in [0.15, 0.2) is 6.07 Å². The van der Waals surface area contributed by atoms with Crippen LogP contribution in [0.5, 0.6) is 0 Å². The predicted octanol–water partition coefficient (Wildman–Crippen LogP) is 2.88. The average molecular weight is 345 g/mol. The van der Waals surface area contributed by atoms with Crippen molar-refractivity contribution in [2.45, 2.75) is 58.3 Å². The molecule has 0 unspecified atom stereocenters. The molecule has 0 radical (unpaired) electrons. The van der Waals surface area contributed by atoms with E-state index in [1.165, 1.54) is 44.9 Å². The number of aromatic nitrogens is 2. The SMILES string of the molecule is Cc1cc(N2CCCCC2)nc(NCCNC(=O)CC2CCCC2)n1. The number of anilines is 2. The fourth-order valence-corrected chi connectivity index (χ4v) is 3.84. The lowest BCUT2D eigenvalue weighted by atomic mass is 10.0. The number of nitrogens with zero attached hydrogens (tertiary/aromatic N) is 3. The number of amides is 1. The zero-order valence-corrected chi connectivity index (χ0v) is 15.4. The maximum Gasteiger partial charge on any atom is 0.224 e. The van der Waals surface area contributed by atoms with Gasteiger partial charge in [-0.05, 0) is 44.9 Å².